The molecule has 1 aliphatic heterocycles. The standard InChI is InChI=1S/C11H13BrN4/c12-8-2-1-3-9-10(8)15-11(13)16(9)7-4-5-14-6-7/h1-3,7,14H,4-6H2,(H2,13,15). The van der Waals surface area contributed by atoms with Gasteiger partial charge < -0.3 is 15.6 Å². The van der Waals surface area contributed by atoms with E-state index in [1.165, 1.54) is 0 Å². The van der Waals surface area contributed by atoms with E-state index < -0.39 is 0 Å². The van der Waals surface area contributed by atoms with Crippen molar-refractivity contribution in [3.05, 3.63) is 22.7 Å². The van der Waals surface area contributed by atoms with Crippen molar-refractivity contribution in [2.75, 3.05) is 18.8 Å². The number of anilines is 1. The molecule has 1 aromatic heterocycles. The van der Waals surface area contributed by atoms with Gasteiger partial charge in [-0.05, 0) is 41.0 Å². The molecule has 1 atom stereocenters. The molecule has 84 valence electrons. The number of fused-ring (bicyclic) bond motifs is 1. The molecule has 1 saturated heterocycles. The summed E-state index contributed by atoms with van der Waals surface area (Å²) in [5.74, 6) is 0.607. The van der Waals surface area contributed by atoms with Crippen LogP contribution in [-0.2, 0) is 0 Å². The maximum Gasteiger partial charge on any atom is 0.201 e. The van der Waals surface area contributed by atoms with Gasteiger partial charge in [-0.25, -0.2) is 4.98 Å². The van der Waals surface area contributed by atoms with Crippen molar-refractivity contribution in [3.8, 4) is 0 Å². The van der Waals surface area contributed by atoms with E-state index in [1.54, 1.807) is 0 Å². The number of hydrogen-bond donors (Lipinski definition) is 2. The van der Waals surface area contributed by atoms with Gasteiger partial charge in [-0.1, -0.05) is 6.07 Å². The number of halogens is 1. The molecule has 4 nitrogen and oxygen atoms in total. The van der Waals surface area contributed by atoms with E-state index in [1.807, 2.05) is 12.1 Å². The fraction of sp³-hybridized carbons (Fsp3) is 0.364. The Balaban J connectivity index is 2.22. The highest BCUT2D eigenvalue weighted by Gasteiger charge is 2.21. The van der Waals surface area contributed by atoms with E-state index in [2.05, 4.69) is 36.9 Å². The number of rotatable bonds is 1. The third-order valence-corrected chi connectivity index (χ3v) is 3.74. The van der Waals surface area contributed by atoms with Crippen LogP contribution < -0.4 is 11.1 Å². The molecule has 0 aliphatic carbocycles. The first-order valence-electron chi connectivity index (χ1n) is 5.40. The van der Waals surface area contributed by atoms with Gasteiger partial charge in [0.25, 0.3) is 0 Å². The maximum absolute atomic E-state index is 6.01. The summed E-state index contributed by atoms with van der Waals surface area (Å²) in [5.41, 5.74) is 8.07. The third kappa shape index (κ3) is 1.43. The molecular formula is C11H13BrN4. The monoisotopic (exact) mass is 280 g/mol. The zero-order valence-corrected chi connectivity index (χ0v) is 10.4. The molecule has 0 saturated carbocycles. The Morgan fingerprint density at radius 1 is 1.50 bits per heavy atom. The summed E-state index contributed by atoms with van der Waals surface area (Å²) in [6.45, 7) is 2.03. The van der Waals surface area contributed by atoms with Crippen LogP contribution in [0, 0.1) is 0 Å². The lowest BCUT2D eigenvalue weighted by Gasteiger charge is -2.13. The average Bonchev–Trinajstić information content (AvgIpc) is 2.85. The number of aromatic nitrogens is 2. The minimum Gasteiger partial charge on any atom is -0.369 e. The highest BCUT2D eigenvalue weighted by Crippen LogP contribution is 2.30. The number of para-hydroxylation sites is 1. The normalized spacial score (nSPS) is 20.7. The predicted octanol–water partition coefficient (Wildman–Crippen LogP) is 1.92. The van der Waals surface area contributed by atoms with Crippen LogP contribution >= 0.6 is 15.9 Å². The molecule has 1 aromatic carbocycles. The number of nitrogens with two attached hydrogens (primary N) is 1. The van der Waals surface area contributed by atoms with Crippen molar-refractivity contribution in [1.82, 2.24) is 14.9 Å². The summed E-state index contributed by atoms with van der Waals surface area (Å²) in [6.07, 6.45) is 1.11. The van der Waals surface area contributed by atoms with Crippen LogP contribution in [0.4, 0.5) is 5.95 Å². The molecule has 0 radical (unpaired) electrons. The zero-order chi connectivity index (χ0) is 11.1. The number of nitrogens with one attached hydrogen (secondary N) is 1. The Morgan fingerprint density at radius 2 is 2.38 bits per heavy atom. The lowest BCUT2D eigenvalue weighted by atomic mass is 10.2. The summed E-state index contributed by atoms with van der Waals surface area (Å²) in [7, 11) is 0. The molecule has 2 aromatic rings. The Labute approximate surface area is 102 Å². The lowest BCUT2D eigenvalue weighted by Crippen LogP contribution is -2.15. The van der Waals surface area contributed by atoms with E-state index in [4.69, 9.17) is 5.73 Å². The van der Waals surface area contributed by atoms with E-state index >= 15 is 0 Å². The second-order valence-corrected chi connectivity index (χ2v) is 4.95. The lowest BCUT2D eigenvalue weighted by molar-refractivity contribution is 0.569. The largest absolute Gasteiger partial charge is 0.369 e. The first-order valence-corrected chi connectivity index (χ1v) is 6.19. The summed E-state index contributed by atoms with van der Waals surface area (Å²) in [6, 6.07) is 6.51. The van der Waals surface area contributed by atoms with Crippen LogP contribution in [0.5, 0.6) is 0 Å². The van der Waals surface area contributed by atoms with Gasteiger partial charge in [0.15, 0.2) is 0 Å². The van der Waals surface area contributed by atoms with Crippen LogP contribution in [-0.4, -0.2) is 22.6 Å². The summed E-state index contributed by atoms with van der Waals surface area (Å²) < 4.78 is 3.14. The molecule has 0 spiro atoms. The molecule has 1 unspecified atom stereocenters. The van der Waals surface area contributed by atoms with Gasteiger partial charge in [0.1, 0.15) is 5.52 Å². The first-order chi connectivity index (χ1) is 7.77. The highest BCUT2D eigenvalue weighted by molar-refractivity contribution is 9.10. The van der Waals surface area contributed by atoms with Gasteiger partial charge in [-0.15, -0.1) is 0 Å². The van der Waals surface area contributed by atoms with Gasteiger partial charge in [0, 0.05) is 11.0 Å². The van der Waals surface area contributed by atoms with E-state index in [0.29, 0.717) is 12.0 Å². The van der Waals surface area contributed by atoms with Crippen molar-refractivity contribution in [2.45, 2.75) is 12.5 Å². The molecule has 16 heavy (non-hydrogen) atoms. The minimum atomic E-state index is 0.430. The van der Waals surface area contributed by atoms with E-state index in [9.17, 15) is 0 Å². The van der Waals surface area contributed by atoms with Crippen molar-refractivity contribution in [2.24, 2.45) is 0 Å². The smallest absolute Gasteiger partial charge is 0.201 e. The summed E-state index contributed by atoms with van der Waals surface area (Å²) in [4.78, 5) is 4.42. The number of nitrogen functional groups attached to an aromatic ring is 1. The number of imidazole rings is 1. The number of benzene rings is 1. The Morgan fingerprint density at radius 3 is 3.12 bits per heavy atom. The topological polar surface area (TPSA) is 55.9 Å². The van der Waals surface area contributed by atoms with Gasteiger partial charge >= 0.3 is 0 Å². The second kappa shape index (κ2) is 3.75. The van der Waals surface area contributed by atoms with Crippen molar-refractivity contribution in [3.63, 3.8) is 0 Å². The van der Waals surface area contributed by atoms with Gasteiger partial charge in [-0.2, -0.15) is 0 Å². The van der Waals surface area contributed by atoms with E-state index in [-0.39, 0.29) is 0 Å². The molecule has 3 N–H and O–H groups in total. The second-order valence-electron chi connectivity index (χ2n) is 4.09. The molecular weight excluding hydrogens is 268 g/mol. The zero-order valence-electron chi connectivity index (χ0n) is 8.78. The van der Waals surface area contributed by atoms with Crippen LogP contribution in [0.25, 0.3) is 11.0 Å². The molecule has 0 bridgehead atoms. The SMILES string of the molecule is Nc1nc2c(Br)cccc2n1C1CCNC1. The van der Waals surface area contributed by atoms with Gasteiger partial charge in [0.2, 0.25) is 5.95 Å². The average molecular weight is 281 g/mol. The summed E-state index contributed by atoms with van der Waals surface area (Å²) in [5, 5.41) is 3.35. The van der Waals surface area contributed by atoms with Crippen molar-refractivity contribution in [1.29, 1.82) is 0 Å². The number of hydrogen-bond acceptors (Lipinski definition) is 3. The first kappa shape index (κ1) is 10.1. The molecule has 5 heteroatoms. The Kier molecular flexibility index (Phi) is 2.37. The van der Waals surface area contributed by atoms with Gasteiger partial charge in [-0.3, -0.25) is 0 Å². The van der Waals surface area contributed by atoms with Crippen molar-refractivity contribution < 1.29 is 0 Å². The molecule has 2 heterocycles. The predicted molar refractivity (Wildman–Crippen MR) is 68.4 cm³/mol. The molecule has 1 fully saturated rings. The fourth-order valence-electron chi connectivity index (χ4n) is 2.34. The third-order valence-electron chi connectivity index (χ3n) is 3.10. The highest BCUT2D eigenvalue weighted by atomic mass is 79.9. The molecule has 0 amide bonds. The Hall–Kier alpha value is -1.07. The maximum atomic E-state index is 6.01. The number of nitrogens with zero attached hydrogens (tertiary/aromatic N) is 2. The molecule has 3 rings (SSSR count). The van der Waals surface area contributed by atoms with Crippen LogP contribution in [0.15, 0.2) is 22.7 Å². The van der Waals surface area contributed by atoms with Crippen molar-refractivity contribution >= 4 is 32.9 Å². The fourth-order valence-corrected chi connectivity index (χ4v) is 2.79. The molecule has 1 aliphatic rings. The van der Waals surface area contributed by atoms with Crippen LogP contribution in [0.3, 0.4) is 0 Å². The quantitative estimate of drug-likeness (QED) is 0.839. The minimum absolute atomic E-state index is 0.430. The Bertz CT molecular complexity index is 528. The summed E-state index contributed by atoms with van der Waals surface area (Å²) >= 11 is 3.51. The van der Waals surface area contributed by atoms with Crippen LogP contribution in [0.2, 0.25) is 0 Å². The van der Waals surface area contributed by atoms with E-state index in [0.717, 1.165) is 35.0 Å². The van der Waals surface area contributed by atoms with Crippen LogP contribution in [0.1, 0.15) is 12.5 Å². The van der Waals surface area contributed by atoms with Gasteiger partial charge in [0.05, 0.1) is 11.6 Å².